The van der Waals surface area contributed by atoms with E-state index in [0.717, 1.165) is 12.3 Å². The van der Waals surface area contributed by atoms with Crippen LogP contribution in [-0.2, 0) is 0 Å². The summed E-state index contributed by atoms with van der Waals surface area (Å²) in [6.07, 6.45) is 0.956. The summed E-state index contributed by atoms with van der Waals surface area (Å²) in [6, 6.07) is 5.03. The number of nitrogens with zero attached hydrogens (tertiary/aromatic N) is 2. The molecule has 0 fully saturated rings. The van der Waals surface area contributed by atoms with Crippen molar-refractivity contribution in [3.8, 4) is 11.6 Å². The topological polar surface area (TPSA) is 103 Å². The molecule has 0 aliphatic rings. The number of carbonyl (C=O) groups is 1. The number of halogens is 2. The van der Waals surface area contributed by atoms with Gasteiger partial charge < -0.3 is 9.84 Å². The first kappa shape index (κ1) is 15.0. The Morgan fingerprint density at radius 1 is 1.33 bits per heavy atom. The molecule has 0 saturated carbocycles. The highest BCUT2D eigenvalue weighted by molar-refractivity contribution is 6.32. The Hall–Kier alpha value is -2.38. The number of pyridine rings is 1. The van der Waals surface area contributed by atoms with Crippen molar-refractivity contribution < 1.29 is 19.6 Å². The average Bonchev–Trinajstić information content (AvgIpc) is 2.42. The van der Waals surface area contributed by atoms with Crippen molar-refractivity contribution in [1.29, 1.82) is 0 Å². The van der Waals surface area contributed by atoms with Crippen LogP contribution in [0.3, 0.4) is 0 Å². The molecule has 9 heteroatoms. The summed E-state index contributed by atoms with van der Waals surface area (Å²) < 4.78 is 5.29. The van der Waals surface area contributed by atoms with Gasteiger partial charge in [0, 0.05) is 11.1 Å². The Bertz CT molecular complexity index is 736. The second kappa shape index (κ2) is 5.94. The molecule has 108 valence electrons. The molecular weight excluding hydrogens is 323 g/mol. The van der Waals surface area contributed by atoms with Gasteiger partial charge in [-0.2, -0.15) is 0 Å². The number of nitro groups is 1. The molecule has 0 atom stereocenters. The van der Waals surface area contributed by atoms with E-state index in [0.29, 0.717) is 0 Å². The fourth-order valence-electron chi connectivity index (χ4n) is 1.45. The van der Waals surface area contributed by atoms with Crippen LogP contribution in [0.2, 0.25) is 10.0 Å². The lowest BCUT2D eigenvalue weighted by molar-refractivity contribution is -0.385. The third-order valence-corrected chi connectivity index (χ3v) is 2.89. The monoisotopic (exact) mass is 328 g/mol. The highest BCUT2D eigenvalue weighted by Gasteiger charge is 2.17. The summed E-state index contributed by atoms with van der Waals surface area (Å²) in [5.41, 5.74) is -0.486. The van der Waals surface area contributed by atoms with Crippen LogP contribution >= 0.6 is 23.2 Å². The third kappa shape index (κ3) is 3.39. The first-order valence-electron chi connectivity index (χ1n) is 5.39. The van der Waals surface area contributed by atoms with E-state index in [2.05, 4.69) is 4.98 Å². The van der Waals surface area contributed by atoms with Gasteiger partial charge in [-0.15, -0.1) is 0 Å². The van der Waals surface area contributed by atoms with Crippen LogP contribution in [0.4, 0.5) is 5.69 Å². The van der Waals surface area contributed by atoms with Crippen molar-refractivity contribution in [3.63, 3.8) is 0 Å². The SMILES string of the molecule is O=C(O)c1cc(Cl)ccc1Oc1ncc([N+](=O)[O-])cc1Cl. The predicted octanol–water partition coefficient (Wildman–Crippen LogP) is 3.79. The molecule has 1 N–H and O–H groups in total. The van der Waals surface area contributed by atoms with Gasteiger partial charge in [0.1, 0.15) is 22.5 Å². The van der Waals surface area contributed by atoms with E-state index in [-0.39, 0.29) is 32.9 Å². The van der Waals surface area contributed by atoms with Crippen LogP contribution < -0.4 is 4.74 Å². The maximum atomic E-state index is 11.1. The van der Waals surface area contributed by atoms with Gasteiger partial charge in [0.2, 0.25) is 5.88 Å². The van der Waals surface area contributed by atoms with Gasteiger partial charge in [0.15, 0.2) is 0 Å². The van der Waals surface area contributed by atoms with Crippen molar-refractivity contribution in [2.24, 2.45) is 0 Å². The zero-order chi connectivity index (χ0) is 15.6. The van der Waals surface area contributed by atoms with Gasteiger partial charge in [-0.25, -0.2) is 9.78 Å². The summed E-state index contributed by atoms with van der Waals surface area (Å²) in [6.45, 7) is 0. The normalized spacial score (nSPS) is 10.2. The minimum absolute atomic E-state index is 0.0323. The molecule has 1 heterocycles. The molecule has 2 rings (SSSR count). The van der Waals surface area contributed by atoms with Crippen molar-refractivity contribution in [1.82, 2.24) is 4.98 Å². The number of hydrogen-bond acceptors (Lipinski definition) is 5. The van der Waals surface area contributed by atoms with E-state index in [1.54, 1.807) is 0 Å². The molecule has 0 radical (unpaired) electrons. The van der Waals surface area contributed by atoms with E-state index in [1.165, 1.54) is 18.2 Å². The highest BCUT2D eigenvalue weighted by Crippen LogP contribution is 2.32. The van der Waals surface area contributed by atoms with E-state index in [9.17, 15) is 14.9 Å². The number of carboxylic acids is 1. The smallest absolute Gasteiger partial charge is 0.339 e. The molecule has 0 saturated heterocycles. The number of aromatic carboxylic acids is 1. The molecule has 0 bridgehead atoms. The van der Waals surface area contributed by atoms with Crippen molar-refractivity contribution in [3.05, 3.63) is 56.2 Å². The minimum atomic E-state index is -1.24. The van der Waals surface area contributed by atoms with Crippen LogP contribution in [0.25, 0.3) is 0 Å². The van der Waals surface area contributed by atoms with Crippen LogP contribution in [0, 0.1) is 10.1 Å². The Labute approximate surface area is 127 Å². The molecule has 0 amide bonds. The molecule has 1 aromatic carbocycles. The lowest BCUT2D eigenvalue weighted by Gasteiger charge is -2.09. The van der Waals surface area contributed by atoms with Gasteiger partial charge in [0.05, 0.1) is 4.92 Å². The predicted molar refractivity (Wildman–Crippen MR) is 74.4 cm³/mol. The standard InChI is InChI=1S/C12H6Cl2N2O5/c13-6-1-2-10(8(3-6)12(17)18)21-11-9(14)4-7(5-15-11)16(19)20/h1-5H,(H,17,18). The van der Waals surface area contributed by atoms with Gasteiger partial charge in [-0.3, -0.25) is 10.1 Å². The fraction of sp³-hybridized carbons (Fsp3) is 0. The average molecular weight is 329 g/mol. The number of hydrogen-bond donors (Lipinski definition) is 1. The first-order valence-corrected chi connectivity index (χ1v) is 6.14. The summed E-state index contributed by atoms with van der Waals surface area (Å²) in [5, 5.41) is 19.8. The van der Waals surface area contributed by atoms with E-state index in [1.807, 2.05) is 0 Å². The Balaban J connectivity index is 2.39. The highest BCUT2D eigenvalue weighted by atomic mass is 35.5. The molecule has 2 aromatic rings. The zero-order valence-corrected chi connectivity index (χ0v) is 11.6. The van der Waals surface area contributed by atoms with Crippen LogP contribution in [-0.4, -0.2) is 21.0 Å². The van der Waals surface area contributed by atoms with Crippen molar-refractivity contribution in [2.45, 2.75) is 0 Å². The Morgan fingerprint density at radius 2 is 2.05 bits per heavy atom. The van der Waals surface area contributed by atoms with Gasteiger partial charge in [-0.1, -0.05) is 23.2 Å². The molecule has 0 unspecified atom stereocenters. The third-order valence-electron chi connectivity index (χ3n) is 2.38. The van der Waals surface area contributed by atoms with Gasteiger partial charge in [-0.05, 0) is 18.2 Å². The molecular formula is C12H6Cl2N2O5. The minimum Gasteiger partial charge on any atom is -0.478 e. The first-order chi connectivity index (χ1) is 9.88. The summed E-state index contributed by atoms with van der Waals surface area (Å²) in [4.78, 5) is 24.7. The second-order valence-electron chi connectivity index (χ2n) is 3.79. The lowest BCUT2D eigenvalue weighted by atomic mass is 10.2. The van der Waals surface area contributed by atoms with E-state index >= 15 is 0 Å². The molecule has 0 aliphatic heterocycles. The molecule has 7 nitrogen and oxygen atoms in total. The van der Waals surface area contributed by atoms with Crippen molar-refractivity contribution >= 4 is 34.9 Å². The quantitative estimate of drug-likeness (QED) is 0.676. The summed E-state index contributed by atoms with van der Waals surface area (Å²) in [5.74, 6) is -1.42. The lowest BCUT2D eigenvalue weighted by Crippen LogP contribution is -2.01. The maximum Gasteiger partial charge on any atom is 0.339 e. The zero-order valence-electron chi connectivity index (χ0n) is 10.1. The van der Waals surface area contributed by atoms with Crippen LogP contribution in [0.15, 0.2) is 30.5 Å². The number of carboxylic acid groups (broad SMARTS) is 1. The van der Waals surface area contributed by atoms with E-state index in [4.69, 9.17) is 33.0 Å². The fourth-order valence-corrected chi connectivity index (χ4v) is 1.82. The number of benzene rings is 1. The van der Waals surface area contributed by atoms with E-state index < -0.39 is 10.9 Å². The van der Waals surface area contributed by atoms with Gasteiger partial charge >= 0.3 is 5.97 Å². The van der Waals surface area contributed by atoms with Crippen LogP contribution in [0.5, 0.6) is 11.6 Å². The number of ether oxygens (including phenoxy) is 1. The second-order valence-corrected chi connectivity index (χ2v) is 4.63. The van der Waals surface area contributed by atoms with Crippen molar-refractivity contribution in [2.75, 3.05) is 0 Å². The Kier molecular flexibility index (Phi) is 4.25. The number of rotatable bonds is 4. The largest absolute Gasteiger partial charge is 0.478 e. The maximum absolute atomic E-state index is 11.1. The molecule has 0 spiro atoms. The van der Waals surface area contributed by atoms with Gasteiger partial charge in [0.25, 0.3) is 5.69 Å². The Morgan fingerprint density at radius 3 is 2.62 bits per heavy atom. The molecule has 0 aliphatic carbocycles. The molecule has 21 heavy (non-hydrogen) atoms. The summed E-state index contributed by atoms with van der Waals surface area (Å²) >= 11 is 11.5. The summed E-state index contributed by atoms with van der Waals surface area (Å²) in [7, 11) is 0. The number of aromatic nitrogens is 1. The molecule has 1 aromatic heterocycles. The van der Waals surface area contributed by atoms with Crippen LogP contribution in [0.1, 0.15) is 10.4 Å².